The van der Waals surface area contributed by atoms with Crippen LogP contribution < -0.4 is 0 Å². The molecule has 90 valence electrons. The van der Waals surface area contributed by atoms with E-state index in [1.165, 1.54) is 12.5 Å². The molecule has 1 aromatic rings. The lowest BCUT2D eigenvalue weighted by atomic mass is 10.1. The molecule has 0 aliphatic rings. The quantitative estimate of drug-likeness (QED) is 0.567. The number of aryl methyl sites for hydroxylation is 1. The van der Waals surface area contributed by atoms with Gasteiger partial charge in [0, 0.05) is 5.25 Å². The van der Waals surface area contributed by atoms with E-state index in [0.717, 1.165) is 19.3 Å². The molecule has 0 fully saturated rings. The molecule has 0 amide bonds. The van der Waals surface area contributed by atoms with E-state index >= 15 is 0 Å². The Hall–Kier alpha value is -0.870. The average molecular weight is 241 g/mol. The zero-order valence-corrected chi connectivity index (χ0v) is 10.2. The van der Waals surface area contributed by atoms with Gasteiger partial charge in [-0.15, -0.1) is 0 Å². The molecular formula is C12H17O3S-. The fraction of sp³-hybridized carbons (Fsp3) is 0.500. The second kappa shape index (κ2) is 6.01. The first-order chi connectivity index (χ1) is 7.50. The Bertz CT molecular complexity index is 398. The SMILES string of the molecule is C[C@@H](CCCCc1ccccc1)S(=O)(=O)[O-]. The smallest absolute Gasteiger partial charge is 0.0972 e. The van der Waals surface area contributed by atoms with Crippen LogP contribution in [-0.4, -0.2) is 18.2 Å². The second-order valence-corrected chi connectivity index (χ2v) is 5.83. The summed E-state index contributed by atoms with van der Waals surface area (Å²) in [4.78, 5) is 0. The Balaban J connectivity index is 2.23. The van der Waals surface area contributed by atoms with Gasteiger partial charge in [0.25, 0.3) is 0 Å². The normalized spacial score (nSPS) is 13.6. The molecule has 0 saturated carbocycles. The van der Waals surface area contributed by atoms with Crippen LogP contribution in [0.2, 0.25) is 0 Å². The average Bonchev–Trinajstić information content (AvgIpc) is 2.24. The van der Waals surface area contributed by atoms with E-state index < -0.39 is 15.4 Å². The van der Waals surface area contributed by atoms with Crippen molar-refractivity contribution in [3.8, 4) is 0 Å². The van der Waals surface area contributed by atoms with Crippen molar-refractivity contribution in [2.75, 3.05) is 0 Å². The lowest BCUT2D eigenvalue weighted by Crippen LogP contribution is -2.16. The number of hydrogen-bond acceptors (Lipinski definition) is 3. The zero-order valence-electron chi connectivity index (χ0n) is 9.43. The minimum Gasteiger partial charge on any atom is -0.748 e. The molecule has 1 aromatic carbocycles. The molecule has 3 nitrogen and oxygen atoms in total. The first-order valence-corrected chi connectivity index (χ1v) is 6.96. The Morgan fingerprint density at radius 2 is 1.81 bits per heavy atom. The van der Waals surface area contributed by atoms with Gasteiger partial charge in [0.1, 0.15) is 0 Å². The van der Waals surface area contributed by atoms with Gasteiger partial charge in [0.2, 0.25) is 0 Å². The van der Waals surface area contributed by atoms with Gasteiger partial charge >= 0.3 is 0 Å². The third-order valence-corrected chi connectivity index (χ3v) is 3.88. The van der Waals surface area contributed by atoms with E-state index in [1.807, 2.05) is 30.3 Å². The summed E-state index contributed by atoms with van der Waals surface area (Å²) >= 11 is 0. The van der Waals surface area contributed by atoms with E-state index in [0.29, 0.717) is 6.42 Å². The summed E-state index contributed by atoms with van der Waals surface area (Å²) in [6, 6.07) is 10.0. The van der Waals surface area contributed by atoms with Gasteiger partial charge in [0.05, 0.1) is 10.1 Å². The van der Waals surface area contributed by atoms with Gasteiger partial charge in [-0.2, -0.15) is 0 Å². The highest BCUT2D eigenvalue weighted by Crippen LogP contribution is 2.11. The zero-order chi connectivity index (χ0) is 12.0. The molecular weight excluding hydrogens is 224 g/mol. The highest BCUT2D eigenvalue weighted by molar-refractivity contribution is 7.86. The Kier molecular flexibility index (Phi) is 4.96. The molecule has 1 rings (SSSR count). The van der Waals surface area contributed by atoms with Crippen LogP contribution in [0.4, 0.5) is 0 Å². The van der Waals surface area contributed by atoms with Crippen LogP contribution in [0.5, 0.6) is 0 Å². The van der Waals surface area contributed by atoms with Crippen molar-refractivity contribution < 1.29 is 13.0 Å². The molecule has 16 heavy (non-hydrogen) atoms. The largest absolute Gasteiger partial charge is 0.748 e. The van der Waals surface area contributed by atoms with Crippen molar-refractivity contribution in [1.29, 1.82) is 0 Å². The topological polar surface area (TPSA) is 57.2 Å². The highest BCUT2D eigenvalue weighted by atomic mass is 32.2. The molecule has 0 aliphatic heterocycles. The van der Waals surface area contributed by atoms with Crippen LogP contribution in [0.1, 0.15) is 31.7 Å². The summed E-state index contributed by atoms with van der Waals surface area (Å²) in [5.74, 6) is 0. The number of hydrogen-bond donors (Lipinski definition) is 0. The molecule has 0 radical (unpaired) electrons. The van der Waals surface area contributed by atoms with E-state index in [1.54, 1.807) is 0 Å². The van der Waals surface area contributed by atoms with Crippen LogP contribution in [-0.2, 0) is 16.5 Å². The Labute approximate surface area is 97.2 Å². The summed E-state index contributed by atoms with van der Waals surface area (Å²) in [7, 11) is -4.10. The van der Waals surface area contributed by atoms with Gasteiger partial charge in [-0.25, -0.2) is 8.42 Å². The first-order valence-electron chi connectivity index (χ1n) is 5.49. The van der Waals surface area contributed by atoms with Gasteiger partial charge in [-0.1, -0.05) is 36.8 Å². The predicted molar refractivity (Wildman–Crippen MR) is 63.2 cm³/mol. The van der Waals surface area contributed by atoms with Crippen LogP contribution in [0.25, 0.3) is 0 Å². The summed E-state index contributed by atoms with van der Waals surface area (Å²) in [5.41, 5.74) is 1.25. The van der Waals surface area contributed by atoms with Crippen molar-refractivity contribution in [1.82, 2.24) is 0 Å². The molecule has 0 saturated heterocycles. The summed E-state index contributed by atoms with van der Waals surface area (Å²) in [6.45, 7) is 1.48. The predicted octanol–water partition coefficient (Wildman–Crippen LogP) is 2.33. The molecule has 0 aliphatic carbocycles. The van der Waals surface area contributed by atoms with Gasteiger partial charge in [0.15, 0.2) is 0 Å². The molecule has 1 atom stereocenters. The Morgan fingerprint density at radius 1 is 1.19 bits per heavy atom. The number of rotatable bonds is 6. The second-order valence-electron chi connectivity index (χ2n) is 4.03. The van der Waals surface area contributed by atoms with Gasteiger partial charge in [-0.05, 0) is 31.7 Å². The standard InChI is InChI=1S/C12H18O3S/c1-11(16(13,14)15)7-5-6-10-12-8-3-2-4-9-12/h2-4,8-9,11H,5-7,10H2,1H3,(H,13,14,15)/p-1/t11-/m0/s1. The maximum Gasteiger partial charge on any atom is 0.0972 e. The molecule has 0 heterocycles. The summed E-state index contributed by atoms with van der Waals surface area (Å²) in [6.07, 6.45) is 3.09. The summed E-state index contributed by atoms with van der Waals surface area (Å²) in [5, 5.41) is -0.761. The van der Waals surface area contributed by atoms with Crippen LogP contribution in [0.15, 0.2) is 30.3 Å². The highest BCUT2D eigenvalue weighted by Gasteiger charge is 2.08. The number of unbranched alkanes of at least 4 members (excludes halogenated alkanes) is 1. The van der Waals surface area contributed by atoms with Crippen molar-refractivity contribution in [3.63, 3.8) is 0 Å². The molecule has 0 N–H and O–H groups in total. The monoisotopic (exact) mass is 241 g/mol. The maximum absolute atomic E-state index is 10.6. The molecule has 0 spiro atoms. The fourth-order valence-electron chi connectivity index (χ4n) is 1.55. The summed E-state index contributed by atoms with van der Waals surface area (Å²) < 4.78 is 31.9. The van der Waals surface area contributed by atoms with Crippen LogP contribution in [0, 0.1) is 0 Å². The third-order valence-electron chi connectivity index (χ3n) is 2.66. The molecule has 4 heteroatoms. The minimum absolute atomic E-state index is 0.457. The Morgan fingerprint density at radius 3 is 2.38 bits per heavy atom. The number of benzene rings is 1. The third kappa shape index (κ3) is 4.77. The van der Waals surface area contributed by atoms with Gasteiger partial charge in [-0.3, -0.25) is 0 Å². The van der Waals surface area contributed by atoms with E-state index in [2.05, 4.69) is 0 Å². The molecule has 0 bridgehead atoms. The van der Waals surface area contributed by atoms with Gasteiger partial charge < -0.3 is 4.55 Å². The van der Waals surface area contributed by atoms with Crippen molar-refractivity contribution in [2.45, 2.75) is 37.9 Å². The minimum atomic E-state index is -4.10. The van der Waals surface area contributed by atoms with Crippen molar-refractivity contribution in [3.05, 3.63) is 35.9 Å². The lowest BCUT2D eigenvalue weighted by Gasteiger charge is -2.15. The fourth-order valence-corrected chi connectivity index (χ4v) is 2.01. The van der Waals surface area contributed by atoms with Crippen LogP contribution in [0.3, 0.4) is 0 Å². The molecule has 0 unspecified atom stereocenters. The van der Waals surface area contributed by atoms with Crippen molar-refractivity contribution in [2.24, 2.45) is 0 Å². The lowest BCUT2D eigenvalue weighted by molar-refractivity contribution is 0.444. The first kappa shape index (κ1) is 13.2. The van der Waals surface area contributed by atoms with E-state index in [4.69, 9.17) is 0 Å². The van der Waals surface area contributed by atoms with E-state index in [-0.39, 0.29) is 0 Å². The maximum atomic E-state index is 10.6. The van der Waals surface area contributed by atoms with E-state index in [9.17, 15) is 13.0 Å². The van der Waals surface area contributed by atoms with Crippen molar-refractivity contribution >= 4 is 10.1 Å². The van der Waals surface area contributed by atoms with Crippen LogP contribution >= 0.6 is 0 Å². The molecule has 0 aromatic heterocycles.